The van der Waals surface area contributed by atoms with Crippen LogP contribution in [0.3, 0.4) is 0 Å². The van der Waals surface area contributed by atoms with Crippen molar-refractivity contribution in [3.8, 4) is 5.75 Å². The van der Waals surface area contributed by atoms with Crippen LogP contribution in [-0.4, -0.2) is 29.0 Å². The molecule has 0 spiro atoms. The number of anilines is 1. The van der Waals surface area contributed by atoms with E-state index in [-0.39, 0.29) is 11.8 Å². The molecule has 0 saturated carbocycles. The van der Waals surface area contributed by atoms with Gasteiger partial charge in [0.1, 0.15) is 5.75 Å². The number of hydrogen-bond acceptors (Lipinski definition) is 4. The molecule has 1 aromatic heterocycles. The fourth-order valence-electron chi connectivity index (χ4n) is 3.21. The van der Waals surface area contributed by atoms with Gasteiger partial charge in [0.25, 0.3) is 0 Å². The number of halogens is 4. The largest absolute Gasteiger partial charge is 0.461 e. The van der Waals surface area contributed by atoms with Crippen LogP contribution < -0.4 is 15.0 Å². The van der Waals surface area contributed by atoms with Crippen LogP contribution in [0.5, 0.6) is 5.75 Å². The van der Waals surface area contributed by atoms with Crippen LogP contribution in [0.15, 0.2) is 61.2 Å². The highest BCUT2D eigenvalue weighted by Crippen LogP contribution is 2.36. The number of aromatic nitrogens is 2. The molecule has 1 fully saturated rings. The summed E-state index contributed by atoms with van der Waals surface area (Å²) in [5.74, 6) is 0.354. The summed E-state index contributed by atoms with van der Waals surface area (Å²) in [6.45, 7) is 4.57. The van der Waals surface area contributed by atoms with E-state index in [0.29, 0.717) is 12.4 Å². The Morgan fingerprint density at radius 1 is 1.18 bits per heavy atom. The Hall–Kier alpha value is -3.23. The number of imidazole rings is 1. The predicted molar refractivity (Wildman–Crippen MR) is 96.5 cm³/mol. The van der Waals surface area contributed by atoms with Gasteiger partial charge in [0.15, 0.2) is 0 Å². The third-order valence-corrected chi connectivity index (χ3v) is 4.56. The van der Waals surface area contributed by atoms with E-state index >= 15 is 0 Å². The highest BCUT2D eigenvalue weighted by Gasteiger charge is 2.44. The lowest BCUT2D eigenvalue weighted by molar-refractivity contribution is -0.253. The summed E-state index contributed by atoms with van der Waals surface area (Å²) < 4.78 is 54.8. The standard InChI is InChI=1S/C19H16F4N4O/c1-11-24-9-17(27(11)13-4-7-15-16(8-13)26-10-25-15)12-2-5-14(6-3-12)28-19(22,23)18(20)21/h2-8,10,17-18,24H,1,9H2,(H,25,26). The summed E-state index contributed by atoms with van der Waals surface area (Å²) in [6.07, 6.45) is -6.82. The predicted octanol–water partition coefficient (Wildman–Crippen LogP) is 4.42. The Labute approximate surface area is 157 Å². The van der Waals surface area contributed by atoms with Crippen molar-refractivity contribution in [1.29, 1.82) is 0 Å². The van der Waals surface area contributed by atoms with Crippen molar-refractivity contribution in [2.75, 3.05) is 11.4 Å². The van der Waals surface area contributed by atoms with Crippen molar-refractivity contribution < 1.29 is 22.3 Å². The summed E-state index contributed by atoms with van der Waals surface area (Å²) in [6, 6.07) is 11.2. The van der Waals surface area contributed by atoms with Crippen molar-refractivity contribution >= 4 is 16.7 Å². The Bertz CT molecular complexity index is 1000. The number of benzene rings is 2. The first-order chi connectivity index (χ1) is 13.3. The second-order valence-corrected chi connectivity index (χ2v) is 6.35. The highest BCUT2D eigenvalue weighted by molar-refractivity contribution is 5.80. The van der Waals surface area contributed by atoms with E-state index in [1.807, 2.05) is 23.1 Å². The van der Waals surface area contributed by atoms with Gasteiger partial charge in [0.05, 0.1) is 29.2 Å². The van der Waals surface area contributed by atoms with Gasteiger partial charge < -0.3 is 19.9 Å². The van der Waals surface area contributed by atoms with E-state index in [0.717, 1.165) is 22.3 Å². The summed E-state index contributed by atoms with van der Waals surface area (Å²) in [5.41, 5.74) is 3.36. The third-order valence-electron chi connectivity index (χ3n) is 4.56. The minimum Gasteiger partial charge on any atom is -0.428 e. The van der Waals surface area contributed by atoms with Gasteiger partial charge >= 0.3 is 12.5 Å². The first-order valence-electron chi connectivity index (χ1n) is 8.45. The molecule has 2 N–H and O–H groups in total. The smallest absolute Gasteiger partial charge is 0.428 e. The van der Waals surface area contributed by atoms with E-state index in [4.69, 9.17) is 0 Å². The zero-order valence-corrected chi connectivity index (χ0v) is 14.5. The van der Waals surface area contributed by atoms with Gasteiger partial charge in [-0.1, -0.05) is 18.7 Å². The first-order valence-corrected chi connectivity index (χ1v) is 8.45. The molecule has 5 nitrogen and oxygen atoms in total. The number of nitrogens with one attached hydrogen (secondary N) is 2. The molecule has 146 valence electrons. The van der Waals surface area contributed by atoms with Crippen molar-refractivity contribution in [3.63, 3.8) is 0 Å². The lowest BCUT2D eigenvalue weighted by Crippen LogP contribution is -2.33. The lowest BCUT2D eigenvalue weighted by atomic mass is 10.1. The van der Waals surface area contributed by atoms with Crippen LogP contribution in [0.1, 0.15) is 11.6 Å². The molecule has 1 atom stereocenters. The molecule has 4 rings (SSSR count). The number of alkyl halides is 4. The van der Waals surface area contributed by atoms with E-state index in [2.05, 4.69) is 26.6 Å². The monoisotopic (exact) mass is 392 g/mol. The molecule has 2 heterocycles. The van der Waals surface area contributed by atoms with Gasteiger partial charge in [0.2, 0.25) is 0 Å². The molecule has 3 aromatic rings. The van der Waals surface area contributed by atoms with Gasteiger partial charge in [-0.25, -0.2) is 4.98 Å². The van der Waals surface area contributed by atoms with Crippen molar-refractivity contribution in [3.05, 3.63) is 66.8 Å². The molecule has 0 radical (unpaired) electrons. The zero-order valence-electron chi connectivity index (χ0n) is 14.5. The minimum atomic E-state index is -4.53. The summed E-state index contributed by atoms with van der Waals surface area (Å²) >= 11 is 0. The summed E-state index contributed by atoms with van der Waals surface area (Å²) in [5, 5.41) is 3.18. The molecule has 2 aromatic carbocycles. The molecule has 0 aliphatic carbocycles. The van der Waals surface area contributed by atoms with E-state index in [1.54, 1.807) is 18.5 Å². The minimum absolute atomic E-state index is 0.159. The number of rotatable bonds is 5. The van der Waals surface area contributed by atoms with Gasteiger partial charge in [-0.15, -0.1) is 0 Å². The number of ether oxygens (including phenoxy) is 1. The lowest BCUT2D eigenvalue weighted by Gasteiger charge is -2.26. The number of H-pyrrole nitrogens is 1. The summed E-state index contributed by atoms with van der Waals surface area (Å²) in [4.78, 5) is 9.25. The maximum atomic E-state index is 13.1. The van der Waals surface area contributed by atoms with Gasteiger partial charge in [-0.3, -0.25) is 0 Å². The van der Waals surface area contributed by atoms with Crippen LogP contribution in [-0.2, 0) is 0 Å². The van der Waals surface area contributed by atoms with Crippen LogP contribution in [0.4, 0.5) is 23.2 Å². The van der Waals surface area contributed by atoms with Crippen LogP contribution in [0.25, 0.3) is 11.0 Å². The van der Waals surface area contributed by atoms with Gasteiger partial charge in [0, 0.05) is 12.2 Å². The van der Waals surface area contributed by atoms with Crippen molar-refractivity contribution in [2.45, 2.75) is 18.6 Å². The Morgan fingerprint density at radius 2 is 1.93 bits per heavy atom. The second kappa shape index (κ2) is 6.74. The molecule has 1 unspecified atom stereocenters. The third kappa shape index (κ3) is 3.23. The molecule has 0 amide bonds. The van der Waals surface area contributed by atoms with Crippen LogP contribution in [0, 0.1) is 0 Å². The molecular weight excluding hydrogens is 376 g/mol. The van der Waals surface area contributed by atoms with Crippen molar-refractivity contribution in [2.24, 2.45) is 0 Å². The Kier molecular flexibility index (Phi) is 4.37. The average Bonchev–Trinajstić information content (AvgIpc) is 3.27. The van der Waals surface area contributed by atoms with E-state index in [1.165, 1.54) is 12.1 Å². The molecule has 9 heteroatoms. The van der Waals surface area contributed by atoms with Crippen molar-refractivity contribution in [1.82, 2.24) is 15.3 Å². The van der Waals surface area contributed by atoms with Gasteiger partial charge in [-0.05, 0) is 35.9 Å². The molecule has 0 bridgehead atoms. The molecule has 1 aliphatic heterocycles. The average molecular weight is 392 g/mol. The maximum Gasteiger partial charge on any atom is 0.461 e. The van der Waals surface area contributed by atoms with Crippen LogP contribution in [0.2, 0.25) is 0 Å². The van der Waals surface area contributed by atoms with Gasteiger partial charge in [-0.2, -0.15) is 17.6 Å². The summed E-state index contributed by atoms with van der Waals surface area (Å²) in [7, 11) is 0. The van der Waals surface area contributed by atoms with E-state index < -0.39 is 12.5 Å². The van der Waals surface area contributed by atoms with Crippen LogP contribution >= 0.6 is 0 Å². The Balaban J connectivity index is 1.59. The molecule has 28 heavy (non-hydrogen) atoms. The molecular formula is C19H16F4N4O. The number of fused-ring (bicyclic) bond motifs is 1. The van der Waals surface area contributed by atoms with E-state index in [9.17, 15) is 17.6 Å². The zero-order chi connectivity index (χ0) is 19.9. The number of aromatic amines is 1. The normalized spacial score (nSPS) is 17.4. The number of nitrogens with zero attached hydrogens (tertiary/aromatic N) is 2. The topological polar surface area (TPSA) is 53.2 Å². The maximum absolute atomic E-state index is 13.1. The second-order valence-electron chi connectivity index (χ2n) is 6.35. The molecule has 1 saturated heterocycles. The fraction of sp³-hybridized carbons (Fsp3) is 0.211. The quantitative estimate of drug-likeness (QED) is 0.631. The first kappa shape index (κ1) is 18.1. The Morgan fingerprint density at radius 3 is 2.64 bits per heavy atom. The molecule has 1 aliphatic rings. The fourth-order valence-corrected chi connectivity index (χ4v) is 3.21. The SMILES string of the molecule is C=C1NCC(c2ccc(OC(F)(F)C(F)F)cc2)N1c1ccc2[nH]cnc2c1. The number of hydrogen-bond donors (Lipinski definition) is 2. The highest BCUT2D eigenvalue weighted by atomic mass is 19.3.